The third kappa shape index (κ3) is 6.10. The molecule has 3 fully saturated rings. The van der Waals surface area contributed by atoms with E-state index in [0.29, 0.717) is 23.6 Å². The second-order valence-corrected chi connectivity index (χ2v) is 14.2. The largest absolute Gasteiger partial charge is 0.497 e. The van der Waals surface area contributed by atoms with E-state index < -0.39 is 71.8 Å². The zero-order chi connectivity index (χ0) is 33.1. The van der Waals surface area contributed by atoms with Gasteiger partial charge in [0.2, 0.25) is 11.8 Å². The summed E-state index contributed by atoms with van der Waals surface area (Å²) in [5.74, 6) is -4.16. The Morgan fingerprint density at radius 3 is 2.57 bits per heavy atom. The van der Waals surface area contributed by atoms with Gasteiger partial charge >= 0.3 is 6.09 Å². The molecule has 46 heavy (non-hydrogen) atoms. The summed E-state index contributed by atoms with van der Waals surface area (Å²) in [5.41, 5.74) is -0.838. The molecule has 4 aliphatic rings. The number of carbonyl (C=O) groups excluding carboxylic acids is 3. The van der Waals surface area contributed by atoms with Gasteiger partial charge in [-0.1, -0.05) is 27.7 Å². The van der Waals surface area contributed by atoms with Crippen molar-refractivity contribution < 1.29 is 42.1 Å². The molecule has 2 bridgehead atoms. The lowest BCUT2D eigenvalue weighted by molar-refractivity contribution is -0.141. The fourth-order valence-corrected chi connectivity index (χ4v) is 7.27. The summed E-state index contributed by atoms with van der Waals surface area (Å²) >= 11 is 0. The summed E-state index contributed by atoms with van der Waals surface area (Å²) in [7, 11) is 1.49. The number of methoxy groups -OCH3 is 1. The van der Waals surface area contributed by atoms with Crippen LogP contribution in [-0.2, 0) is 25.0 Å². The molecule has 13 heteroatoms. The number of carbonyl (C=O) groups is 3. The van der Waals surface area contributed by atoms with Gasteiger partial charge in [0, 0.05) is 25.0 Å². The van der Waals surface area contributed by atoms with E-state index in [2.05, 4.69) is 15.3 Å². The van der Waals surface area contributed by atoms with Crippen LogP contribution in [0.5, 0.6) is 11.6 Å². The van der Waals surface area contributed by atoms with Gasteiger partial charge in [-0.25, -0.2) is 14.8 Å². The van der Waals surface area contributed by atoms with Gasteiger partial charge in [-0.15, -0.1) is 0 Å². The number of ketones is 1. The summed E-state index contributed by atoms with van der Waals surface area (Å²) < 4.78 is 55.5. The van der Waals surface area contributed by atoms with Crippen LogP contribution in [0.25, 0.3) is 11.0 Å². The van der Waals surface area contributed by atoms with E-state index in [1.165, 1.54) is 18.9 Å². The normalized spacial score (nSPS) is 33.0. The molecule has 1 saturated heterocycles. The van der Waals surface area contributed by atoms with Crippen LogP contribution in [0, 0.1) is 23.2 Å². The molecule has 0 spiro atoms. The van der Waals surface area contributed by atoms with E-state index in [1.807, 2.05) is 20.8 Å². The lowest BCUT2D eigenvalue weighted by Gasteiger charge is -2.35. The fourth-order valence-electron chi connectivity index (χ4n) is 7.27. The second kappa shape index (κ2) is 11.9. The van der Waals surface area contributed by atoms with Crippen LogP contribution < -0.4 is 14.8 Å². The number of hydrogen-bond acceptors (Lipinski definition) is 9. The number of amides is 2. The van der Waals surface area contributed by atoms with Gasteiger partial charge in [0.15, 0.2) is 11.5 Å². The maximum Gasteiger partial charge on any atom is 0.408 e. The molecule has 2 saturated carbocycles. The second-order valence-electron chi connectivity index (χ2n) is 14.2. The van der Waals surface area contributed by atoms with Gasteiger partial charge in [-0.05, 0) is 55.6 Å². The number of halogens is 2. The number of alkyl carbamates (subject to hydrolysis) is 1. The van der Waals surface area contributed by atoms with Gasteiger partial charge in [-0.3, -0.25) is 9.59 Å². The zero-order valence-electron chi connectivity index (χ0n) is 27.0. The summed E-state index contributed by atoms with van der Waals surface area (Å²) in [6.45, 7) is 8.49. The van der Waals surface area contributed by atoms with Crippen molar-refractivity contribution in [1.29, 1.82) is 0 Å². The molecule has 2 aromatic rings. The molecule has 250 valence electrons. The first-order chi connectivity index (χ1) is 21.7. The Hall–Kier alpha value is -3.61. The molecule has 2 unspecified atom stereocenters. The number of nitrogens with zero attached hydrogens (tertiary/aromatic N) is 3. The highest BCUT2D eigenvalue weighted by Gasteiger charge is 2.56. The molecule has 8 atom stereocenters. The first kappa shape index (κ1) is 32.3. The van der Waals surface area contributed by atoms with Crippen molar-refractivity contribution in [2.45, 2.75) is 96.6 Å². The van der Waals surface area contributed by atoms with Crippen LogP contribution in [0.1, 0.15) is 66.0 Å². The van der Waals surface area contributed by atoms with Crippen LogP contribution in [0.2, 0.25) is 0 Å². The molecule has 1 aromatic carbocycles. The maximum absolute atomic E-state index is 16.0. The predicted molar refractivity (Wildman–Crippen MR) is 162 cm³/mol. The maximum atomic E-state index is 16.0. The van der Waals surface area contributed by atoms with E-state index in [9.17, 15) is 14.4 Å². The lowest BCUT2D eigenvalue weighted by Crippen LogP contribution is -2.57. The Kier molecular flexibility index (Phi) is 8.35. The Balaban J connectivity index is 1.41. The highest BCUT2D eigenvalue weighted by Crippen LogP contribution is 2.54. The number of Topliss-reactive ketones (excluding diaryl/α,β-unsaturated/α-hetero) is 1. The summed E-state index contributed by atoms with van der Waals surface area (Å²) in [6, 6.07) is 2.79. The van der Waals surface area contributed by atoms with E-state index >= 15 is 8.78 Å². The van der Waals surface area contributed by atoms with Gasteiger partial charge in [0.05, 0.1) is 36.8 Å². The quantitative estimate of drug-likeness (QED) is 0.497. The number of fused-ring (bicyclic) bond motifs is 7. The van der Waals surface area contributed by atoms with Crippen molar-refractivity contribution in [3.63, 3.8) is 0 Å². The molecule has 6 rings (SSSR count). The van der Waals surface area contributed by atoms with Crippen LogP contribution in [0.3, 0.4) is 0 Å². The van der Waals surface area contributed by atoms with Crippen molar-refractivity contribution in [3.8, 4) is 11.6 Å². The molecule has 3 heterocycles. The molecule has 2 amide bonds. The lowest BCUT2D eigenvalue weighted by atomic mass is 9.85. The number of nitrogens with one attached hydrogen (secondary N) is 1. The number of alkyl halides is 2. The van der Waals surface area contributed by atoms with E-state index in [-0.39, 0.29) is 42.7 Å². The van der Waals surface area contributed by atoms with Crippen LogP contribution >= 0.6 is 0 Å². The molecule has 0 radical (unpaired) electrons. The molecule has 2 aliphatic carbocycles. The molecule has 1 N–H and O–H groups in total. The zero-order valence-corrected chi connectivity index (χ0v) is 27.0. The predicted octanol–water partition coefficient (Wildman–Crippen LogP) is 4.64. The Bertz CT molecular complexity index is 1530. The minimum Gasteiger partial charge on any atom is -0.497 e. The van der Waals surface area contributed by atoms with Gasteiger partial charge < -0.3 is 29.2 Å². The Labute approximate surface area is 266 Å². The fraction of sp³-hybridized carbons (Fsp3) is 0.667. The molecular formula is C33H42F2N4O7. The first-order valence-corrected chi connectivity index (χ1v) is 16.0. The van der Waals surface area contributed by atoms with Crippen molar-refractivity contribution in [2.24, 2.45) is 23.2 Å². The number of hydrogen-bond donors (Lipinski definition) is 1. The van der Waals surface area contributed by atoms with Crippen LogP contribution in [0.15, 0.2) is 18.2 Å². The van der Waals surface area contributed by atoms with E-state index in [0.717, 1.165) is 6.42 Å². The number of aromatic nitrogens is 2. The smallest absolute Gasteiger partial charge is 0.408 e. The van der Waals surface area contributed by atoms with E-state index in [4.69, 9.17) is 18.9 Å². The van der Waals surface area contributed by atoms with Crippen molar-refractivity contribution >= 4 is 28.8 Å². The van der Waals surface area contributed by atoms with Crippen LogP contribution in [0.4, 0.5) is 13.6 Å². The monoisotopic (exact) mass is 644 g/mol. The third-order valence-corrected chi connectivity index (χ3v) is 9.83. The number of rotatable bonds is 2. The van der Waals surface area contributed by atoms with E-state index in [1.54, 1.807) is 25.1 Å². The topological polar surface area (TPSA) is 129 Å². The highest BCUT2D eigenvalue weighted by molar-refractivity contribution is 5.92. The minimum absolute atomic E-state index is 0.0161. The molecule has 1 aromatic heterocycles. The first-order valence-electron chi connectivity index (χ1n) is 16.0. The molecule has 11 nitrogen and oxygen atoms in total. The number of benzene rings is 1. The van der Waals surface area contributed by atoms with Gasteiger partial charge in [0.1, 0.15) is 24.0 Å². The van der Waals surface area contributed by atoms with Gasteiger partial charge in [-0.2, -0.15) is 8.78 Å². The van der Waals surface area contributed by atoms with Crippen LogP contribution in [-0.4, -0.2) is 83.3 Å². The summed E-state index contributed by atoms with van der Waals surface area (Å²) in [5, 5.41) is 2.77. The van der Waals surface area contributed by atoms with Gasteiger partial charge in [0.25, 0.3) is 5.92 Å². The average molecular weight is 645 g/mol. The Morgan fingerprint density at radius 2 is 1.87 bits per heavy atom. The summed E-state index contributed by atoms with van der Waals surface area (Å²) in [6.07, 6.45) is -1.61. The molecular weight excluding hydrogens is 602 g/mol. The standard InChI is InChI=1S/C33H42F2N4O7/c1-16-24-15-39(25(16)17(2)40)30(41)28(32(3,4)5)38-31(42)46-23-13-18-12-20(18)26(23)44-11-7-10-33(34,35)27-29(45-24)37-22-14-19(43-6)8-9-21(22)36-27/h8-9,14,16,18,20,23-26,28H,7,10-13,15H2,1-6H3,(H,38,42)/t16-,18?,20?,23-,24+,25+,26-,28-/m1/s1. The van der Waals surface area contributed by atoms with Crippen molar-refractivity contribution in [3.05, 3.63) is 23.9 Å². The SMILES string of the molecule is COc1ccc2nc3c(nc2c1)O[C@H]1CN(C(=O)[C@H](C(C)(C)C)NC(=O)O[C@@H]2CC4CC4[C@H]2OCCCC3(F)F)[C@H](C(C)=O)[C@@H]1C. The summed E-state index contributed by atoms with van der Waals surface area (Å²) in [4.78, 5) is 50.6. The molecule has 2 aliphatic heterocycles. The number of ether oxygens (including phenoxy) is 4. The average Bonchev–Trinajstić information content (AvgIpc) is 3.55. The highest BCUT2D eigenvalue weighted by atomic mass is 19.3. The Morgan fingerprint density at radius 1 is 1.11 bits per heavy atom. The van der Waals surface area contributed by atoms with Crippen molar-refractivity contribution in [2.75, 3.05) is 20.3 Å². The van der Waals surface area contributed by atoms with Crippen molar-refractivity contribution in [1.82, 2.24) is 20.2 Å². The third-order valence-electron chi connectivity index (χ3n) is 9.83. The minimum atomic E-state index is -3.44.